The third kappa shape index (κ3) is 0.770. The van der Waals surface area contributed by atoms with Gasteiger partial charge < -0.3 is 4.74 Å². The molecule has 4 heteroatoms. The van der Waals surface area contributed by atoms with Crippen LogP contribution >= 0.6 is 15.9 Å². The normalized spacial score (nSPS) is 43.3. The first-order chi connectivity index (χ1) is 3.13. The van der Waals surface area contributed by atoms with Gasteiger partial charge in [-0.05, 0) is 15.9 Å². The second-order valence-electron chi connectivity index (χ2n) is 1.21. The molecule has 0 aromatic carbocycles. The van der Waals surface area contributed by atoms with Gasteiger partial charge in [-0.2, -0.15) is 4.39 Å². The highest BCUT2D eigenvalue weighted by atomic mass is 79.9. The van der Waals surface area contributed by atoms with Crippen molar-refractivity contribution in [1.29, 1.82) is 0 Å². The van der Waals surface area contributed by atoms with Gasteiger partial charge in [0, 0.05) is 0 Å². The van der Waals surface area contributed by atoms with Crippen molar-refractivity contribution in [3.05, 3.63) is 6.17 Å². The van der Waals surface area contributed by atoms with Crippen LogP contribution in [-0.4, -0.2) is 11.4 Å². The van der Waals surface area contributed by atoms with Crippen LogP contribution in [0.4, 0.5) is 8.78 Å². The molecule has 1 rings (SSSR count). The highest BCUT2D eigenvalue weighted by molar-refractivity contribution is 9.10. The Kier molecular flexibility index (Phi) is 1.08. The lowest BCUT2D eigenvalue weighted by atomic mass is 10.3. The van der Waals surface area contributed by atoms with Gasteiger partial charge in [0.05, 0.1) is 6.61 Å². The maximum absolute atomic E-state index is 11.9. The first-order valence-corrected chi connectivity index (χ1v) is 2.46. The summed E-state index contributed by atoms with van der Waals surface area (Å²) in [6.45, 7) is -0.220. The average molecular weight is 172 g/mol. The van der Waals surface area contributed by atoms with Crippen molar-refractivity contribution < 1.29 is 13.5 Å². The maximum Gasteiger partial charge on any atom is 0.305 e. The van der Waals surface area contributed by atoms with E-state index in [0.717, 1.165) is 0 Å². The zero-order chi connectivity index (χ0) is 5.49. The van der Waals surface area contributed by atoms with E-state index in [1.165, 1.54) is 0 Å². The van der Waals surface area contributed by atoms with Gasteiger partial charge in [0.25, 0.3) is 0 Å². The molecule has 41 valence electrons. The van der Waals surface area contributed by atoms with E-state index in [1.54, 1.807) is 0 Å². The Hall–Kier alpha value is 0.300. The van der Waals surface area contributed by atoms with E-state index < -0.39 is 10.9 Å². The minimum atomic E-state index is -2.26. The first-order valence-electron chi connectivity index (χ1n) is 1.66. The molecular weight excluding hydrogens is 170 g/mol. The third-order valence-electron chi connectivity index (χ3n) is 0.696. The fourth-order valence-electron chi connectivity index (χ4n) is 0.236. The lowest BCUT2D eigenvalue weighted by Gasteiger charge is -2.30. The quantitative estimate of drug-likeness (QED) is 0.503. The predicted octanol–water partition coefficient (Wildman–Crippen LogP) is 1.54. The van der Waals surface area contributed by atoms with E-state index in [9.17, 15) is 8.78 Å². The molecule has 1 atom stereocenters. The average Bonchev–Trinajstić information content (AvgIpc) is 1.63. The zero-order valence-electron chi connectivity index (χ0n) is 3.25. The third-order valence-corrected chi connectivity index (χ3v) is 1.36. The second kappa shape index (κ2) is 1.39. The van der Waals surface area contributed by atoms with Gasteiger partial charge in [0.2, 0.25) is 6.17 Å². The first kappa shape index (κ1) is 5.44. The summed E-state index contributed by atoms with van der Waals surface area (Å²) in [6.07, 6.45) is -0.799. The van der Waals surface area contributed by atoms with E-state index in [4.69, 9.17) is 0 Å². The van der Waals surface area contributed by atoms with Crippen molar-refractivity contribution >= 4 is 15.9 Å². The van der Waals surface area contributed by atoms with Crippen LogP contribution in [0.3, 0.4) is 0 Å². The Balaban J connectivity index is 2.43. The van der Waals surface area contributed by atoms with Crippen molar-refractivity contribution in [3.8, 4) is 0 Å². The smallest absolute Gasteiger partial charge is 0.305 e. The molecule has 0 amide bonds. The molecule has 0 aromatic heterocycles. The number of hydrogen-bond acceptors (Lipinski definition) is 1. The highest BCUT2D eigenvalue weighted by Crippen LogP contribution is 2.42. The molecule has 7 heavy (non-hydrogen) atoms. The van der Waals surface area contributed by atoms with Crippen LogP contribution in [0.15, 0.2) is 0 Å². The summed E-state index contributed by atoms with van der Waals surface area (Å²) in [5.74, 6) is 0. The number of halogens is 3. The molecule has 0 aliphatic carbocycles. The maximum atomic E-state index is 11.9. The van der Waals surface area contributed by atoms with Gasteiger partial charge >= 0.3 is 4.76 Å². The van der Waals surface area contributed by atoms with Crippen LogP contribution in [0, 0.1) is 6.17 Å². The van der Waals surface area contributed by atoms with E-state index in [-0.39, 0.29) is 6.61 Å². The summed E-state index contributed by atoms with van der Waals surface area (Å²) >= 11 is 2.33. The van der Waals surface area contributed by atoms with Crippen molar-refractivity contribution in [2.24, 2.45) is 0 Å². The van der Waals surface area contributed by atoms with Gasteiger partial charge in [-0.1, -0.05) is 0 Å². The summed E-state index contributed by atoms with van der Waals surface area (Å²) < 4.78 is 25.4. The Morgan fingerprint density at radius 3 is 2.29 bits per heavy atom. The summed E-state index contributed by atoms with van der Waals surface area (Å²) in [7, 11) is 0. The minimum absolute atomic E-state index is 0.220. The van der Waals surface area contributed by atoms with Gasteiger partial charge in [-0.15, -0.1) is 0 Å². The van der Waals surface area contributed by atoms with Crippen molar-refractivity contribution in [2.45, 2.75) is 4.76 Å². The molecule has 1 saturated heterocycles. The molecule has 1 fully saturated rings. The van der Waals surface area contributed by atoms with E-state index in [2.05, 4.69) is 20.7 Å². The fraction of sp³-hybridized carbons (Fsp3) is 0.667. The van der Waals surface area contributed by atoms with Crippen LogP contribution in [0.1, 0.15) is 0 Å². The molecule has 1 radical (unpaired) electrons. The summed E-state index contributed by atoms with van der Waals surface area (Å²) in [5, 5.41) is 0. The monoisotopic (exact) mass is 171 g/mol. The van der Waals surface area contributed by atoms with Crippen LogP contribution < -0.4 is 0 Å². The van der Waals surface area contributed by atoms with Gasteiger partial charge in [-0.3, -0.25) is 0 Å². The minimum Gasteiger partial charge on any atom is -0.331 e. The number of rotatable bonds is 0. The SMILES string of the molecule is F[C]1COC1(F)Br. The molecule has 0 N–H and O–H groups in total. The van der Waals surface area contributed by atoms with Crippen LogP contribution in [-0.2, 0) is 4.74 Å². The van der Waals surface area contributed by atoms with Crippen molar-refractivity contribution in [3.63, 3.8) is 0 Å². The van der Waals surface area contributed by atoms with Gasteiger partial charge in [0.15, 0.2) is 0 Å². The fourth-order valence-corrected chi connectivity index (χ4v) is 0.465. The molecule has 1 unspecified atom stereocenters. The number of hydrogen-bond donors (Lipinski definition) is 0. The molecule has 1 heterocycles. The van der Waals surface area contributed by atoms with Gasteiger partial charge in [-0.25, -0.2) is 4.39 Å². The van der Waals surface area contributed by atoms with Crippen molar-refractivity contribution in [2.75, 3.05) is 6.61 Å². The summed E-state index contributed by atoms with van der Waals surface area (Å²) in [5.41, 5.74) is 0. The highest BCUT2D eigenvalue weighted by Gasteiger charge is 2.49. The second-order valence-corrected chi connectivity index (χ2v) is 2.23. The van der Waals surface area contributed by atoms with Crippen molar-refractivity contribution in [1.82, 2.24) is 0 Å². The molecule has 0 bridgehead atoms. The zero-order valence-corrected chi connectivity index (χ0v) is 4.84. The Bertz CT molecular complexity index is 85.0. The number of alkyl halides is 2. The summed E-state index contributed by atoms with van der Waals surface area (Å²) in [4.78, 5) is 0. The number of ether oxygens (including phenoxy) is 1. The van der Waals surface area contributed by atoms with Crippen LogP contribution in [0.25, 0.3) is 0 Å². The molecule has 0 aromatic rings. The van der Waals surface area contributed by atoms with E-state index in [0.29, 0.717) is 0 Å². The summed E-state index contributed by atoms with van der Waals surface area (Å²) in [6, 6.07) is 0. The standard InChI is InChI=1S/C3H2BrF2O/c4-3(6)2(5)1-7-3/h1H2. The Labute approximate surface area is 47.8 Å². The van der Waals surface area contributed by atoms with Gasteiger partial charge in [0.1, 0.15) is 0 Å². The van der Waals surface area contributed by atoms with E-state index in [1.807, 2.05) is 0 Å². The molecular formula is C3H2BrF2O. The molecule has 0 spiro atoms. The molecule has 1 aliphatic heterocycles. The molecule has 0 saturated carbocycles. The molecule has 1 aliphatic rings. The predicted molar refractivity (Wildman–Crippen MR) is 23.1 cm³/mol. The largest absolute Gasteiger partial charge is 0.331 e. The lowest BCUT2D eigenvalue weighted by Crippen LogP contribution is -2.40. The topological polar surface area (TPSA) is 9.23 Å². The molecule has 1 nitrogen and oxygen atoms in total. The van der Waals surface area contributed by atoms with E-state index >= 15 is 0 Å². The lowest BCUT2D eigenvalue weighted by molar-refractivity contribution is -0.160. The van der Waals surface area contributed by atoms with Crippen LogP contribution in [0.5, 0.6) is 0 Å². The van der Waals surface area contributed by atoms with Crippen LogP contribution in [0.2, 0.25) is 0 Å². The Morgan fingerprint density at radius 2 is 2.29 bits per heavy atom. The Morgan fingerprint density at radius 1 is 1.86 bits per heavy atom.